The van der Waals surface area contributed by atoms with E-state index in [1.165, 1.54) is 5.56 Å². The number of amides is 1. The number of aromatic nitrogens is 3. The molecule has 1 fully saturated rings. The van der Waals surface area contributed by atoms with Crippen LogP contribution in [-0.2, 0) is 11.3 Å². The van der Waals surface area contributed by atoms with Gasteiger partial charge in [-0.25, -0.2) is 9.97 Å². The number of hydrogen-bond donors (Lipinski definition) is 1. The Hall–Kier alpha value is -2.37. The summed E-state index contributed by atoms with van der Waals surface area (Å²) in [6, 6.07) is 4.15. The molecule has 3 heterocycles. The predicted octanol–water partition coefficient (Wildman–Crippen LogP) is 2.12. The zero-order valence-electron chi connectivity index (χ0n) is 13.5. The van der Waals surface area contributed by atoms with E-state index in [1.807, 2.05) is 28.9 Å². The number of carbonyl (C=O) groups is 1. The highest BCUT2D eigenvalue weighted by Gasteiger charge is 2.24. The Balaban J connectivity index is 1.59. The van der Waals surface area contributed by atoms with Crippen LogP contribution in [0.4, 0.5) is 5.82 Å². The van der Waals surface area contributed by atoms with Crippen molar-refractivity contribution in [3.05, 3.63) is 42.6 Å². The van der Waals surface area contributed by atoms with Crippen LogP contribution in [0.5, 0.6) is 0 Å². The Morgan fingerprint density at radius 2 is 2.35 bits per heavy atom. The van der Waals surface area contributed by atoms with Crippen molar-refractivity contribution in [2.45, 2.75) is 31.7 Å². The van der Waals surface area contributed by atoms with E-state index in [9.17, 15) is 4.79 Å². The Kier molecular flexibility index (Phi) is 4.90. The normalized spacial score (nSPS) is 18.0. The molecule has 0 aromatic carbocycles. The average Bonchev–Trinajstić information content (AvgIpc) is 3.13. The summed E-state index contributed by atoms with van der Waals surface area (Å²) in [7, 11) is 1.87. The van der Waals surface area contributed by atoms with Crippen LogP contribution in [0.3, 0.4) is 0 Å². The van der Waals surface area contributed by atoms with Gasteiger partial charge in [0.25, 0.3) is 0 Å². The molecule has 1 saturated heterocycles. The maximum absolute atomic E-state index is 12.5. The first-order valence-corrected chi connectivity index (χ1v) is 8.13. The second kappa shape index (κ2) is 7.26. The maximum Gasteiger partial charge on any atom is 0.224 e. The first-order chi connectivity index (χ1) is 11.3. The van der Waals surface area contributed by atoms with Gasteiger partial charge in [0.05, 0.1) is 6.33 Å². The molecule has 1 atom stereocenters. The minimum absolute atomic E-state index is 0.228. The minimum Gasteiger partial charge on any atom is -0.373 e. The topological polar surface area (TPSA) is 63.1 Å². The van der Waals surface area contributed by atoms with Gasteiger partial charge >= 0.3 is 0 Å². The number of anilines is 1. The summed E-state index contributed by atoms with van der Waals surface area (Å²) in [6.45, 7) is 2.36. The lowest BCUT2D eigenvalue weighted by atomic mass is 9.91. The number of aryl methyl sites for hydroxylation is 1. The number of carbonyl (C=O) groups excluding carboxylic acids is 1. The molecule has 2 aromatic rings. The van der Waals surface area contributed by atoms with E-state index < -0.39 is 0 Å². The van der Waals surface area contributed by atoms with Crippen molar-refractivity contribution in [2.24, 2.45) is 0 Å². The van der Waals surface area contributed by atoms with E-state index >= 15 is 0 Å². The summed E-state index contributed by atoms with van der Waals surface area (Å²) in [5.74, 6) is 1.51. The van der Waals surface area contributed by atoms with Gasteiger partial charge in [0.2, 0.25) is 5.91 Å². The summed E-state index contributed by atoms with van der Waals surface area (Å²) in [5.41, 5.74) is 1.26. The molecule has 0 bridgehead atoms. The van der Waals surface area contributed by atoms with Crippen LogP contribution in [0.2, 0.25) is 0 Å². The van der Waals surface area contributed by atoms with Crippen molar-refractivity contribution in [3.63, 3.8) is 0 Å². The molecule has 0 spiro atoms. The van der Waals surface area contributed by atoms with Crippen LogP contribution < -0.4 is 5.32 Å². The molecule has 2 aromatic heterocycles. The highest BCUT2D eigenvalue weighted by atomic mass is 16.2. The number of imidazole rings is 1. The largest absolute Gasteiger partial charge is 0.373 e. The molecule has 0 radical (unpaired) electrons. The third-order valence-electron chi connectivity index (χ3n) is 4.43. The van der Waals surface area contributed by atoms with Crippen molar-refractivity contribution >= 4 is 11.7 Å². The minimum atomic E-state index is 0.228. The van der Waals surface area contributed by atoms with Crippen molar-refractivity contribution in [3.8, 4) is 0 Å². The number of hydrogen-bond acceptors (Lipinski definition) is 4. The zero-order valence-corrected chi connectivity index (χ0v) is 13.5. The van der Waals surface area contributed by atoms with Crippen LogP contribution in [0.25, 0.3) is 0 Å². The molecule has 0 saturated carbocycles. The summed E-state index contributed by atoms with van der Waals surface area (Å²) < 4.78 is 1.95. The molecule has 1 amide bonds. The lowest BCUT2D eigenvalue weighted by Crippen LogP contribution is -2.39. The van der Waals surface area contributed by atoms with Gasteiger partial charge in [-0.05, 0) is 30.5 Å². The van der Waals surface area contributed by atoms with E-state index in [4.69, 9.17) is 0 Å². The van der Waals surface area contributed by atoms with Gasteiger partial charge < -0.3 is 14.8 Å². The highest BCUT2D eigenvalue weighted by molar-refractivity contribution is 5.76. The number of pyridine rings is 1. The van der Waals surface area contributed by atoms with Gasteiger partial charge in [-0.15, -0.1) is 0 Å². The monoisotopic (exact) mass is 313 g/mol. The van der Waals surface area contributed by atoms with Gasteiger partial charge in [-0.1, -0.05) is 0 Å². The van der Waals surface area contributed by atoms with Crippen molar-refractivity contribution in [1.82, 2.24) is 19.4 Å². The predicted molar refractivity (Wildman–Crippen MR) is 89.2 cm³/mol. The molecule has 3 rings (SSSR count). The molecule has 1 N–H and O–H groups in total. The molecule has 1 unspecified atom stereocenters. The van der Waals surface area contributed by atoms with E-state index in [0.29, 0.717) is 18.9 Å². The Morgan fingerprint density at radius 1 is 1.43 bits per heavy atom. The van der Waals surface area contributed by atoms with Crippen LogP contribution in [0.1, 0.15) is 30.7 Å². The quantitative estimate of drug-likeness (QED) is 0.918. The van der Waals surface area contributed by atoms with E-state index in [2.05, 4.69) is 27.4 Å². The highest BCUT2D eigenvalue weighted by Crippen LogP contribution is 2.28. The lowest BCUT2D eigenvalue weighted by Gasteiger charge is -2.33. The van der Waals surface area contributed by atoms with Crippen molar-refractivity contribution in [2.75, 3.05) is 25.5 Å². The van der Waals surface area contributed by atoms with Crippen LogP contribution in [-0.4, -0.2) is 45.5 Å². The third-order valence-corrected chi connectivity index (χ3v) is 4.43. The number of nitrogens with zero attached hydrogens (tertiary/aromatic N) is 4. The number of likely N-dealkylation sites (tertiary alicyclic amines) is 1. The summed E-state index contributed by atoms with van der Waals surface area (Å²) in [4.78, 5) is 22.7. The van der Waals surface area contributed by atoms with Crippen molar-refractivity contribution in [1.29, 1.82) is 0 Å². The number of rotatable bonds is 5. The molecular formula is C17H23N5O. The summed E-state index contributed by atoms with van der Waals surface area (Å²) >= 11 is 0. The van der Waals surface area contributed by atoms with Crippen LogP contribution in [0.15, 0.2) is 37.1 Å². The fraction of sp³-hybridized carbons (Fsp3) is 0.471. The second-order valence-corrected chi connectivity index (χ2v) is 5.95. The van der Waals surface area contributed by atoms with E-state index in [-0.39, 0.29) is 5.91 Å². The number of nitrogens with one attached hydrogen (secondary N) is 1. The average molecular weight is 313 g/mol. The van der Waals surface area contributed by atoms with Gasteiger partial charge in [-0.2, -0.15) is 0 Å². The fourth-order valence-corrected chi connectivity index (χ4v) is 3.12. The molecule has 122 valence electrons. The second-order valence-electron chi connectivity index (χ2n) is 5.95. The Labute approximate surface area is 136 Å². The smallest absolute Gasteiger partial charge is 0.224 e. The molecule has 6 heteroatoms. The SMILES string of the molecule is CNc1cc(C2CCCN(C(=O)CCn3ccnc3)C2)ccn1. The molecule has 6 nitrogen and oxygen atoms in total. The maximum atomic E-state index is 12.5. The first-order valence-electron chi connectivity index (χ1n) is 8.13. The zero-order chi connectivity index (χ0) is 16.1. The molecule has 23 heavy (non-hydrogen) atoms. The van der Waals surface area contributed by atoms with Gasteiger partial charge in [-0.3, -0.25) is 4.79 Å². The Morgan fingerprint density at radius 3 is 3.13 bits per heavy atom. The fourth-order valence-electron chi connectivity index (χ4n) is 3.12. The van der Waals surface area contributed by atoms with E-state index in [1.54, 1.807) is 12.5 Å². The van der Waals surface area contributed by atoms with Gasteiger partial charge in [0.15, 0.2) is 0 Å². The van der Waals surface area contributed by atoms with Crippen LogP contribution in [0, 0.1) is 0 Å². The number of piperidine rings is 1. The van der Waals surface area contributed by atoms with Crippen LogP contribution >= 0.6 is 0 Å². The van der Waals surface area contributed by atoms with Gasteiger partial charge in [0.1, 0.15) is 5.82 Å². The Bertz CT molecular complexity index is 640. The standard InChI is InChI=1S/C17H23N5O/c1-18-16-11-14(4-6-20-16)15-3-2-8-22(12-15)17(23)5-9-21-10-7-19-13-21/h4,6-7,10-11,13,15H,2-3,5,8-9,12H2,1H3,(H,18,20). The molecular weight excluding hydrogens is 290 g/mol. The first kappa shape index (κ1) is 15.5. The summed E-state index contributed by atoms with van der Waals surface area (Å²) in [6.07, 6.45) is 9.93. The molecule has 1 aliphatic heterocycles. The van der Waals surface area contributed by atoms with Gasteiger partial charge in [0, 0.05) is 57.6 Å². The molecule has 0 aliphatic carbocycles. The molecule has 1 aliphatic rings. The third kappa shape index (κ3) is 3.88. The summed E-state index contributed by atoms with van der Waals surface area (Å²) in [5, 5.41) is 3.08. The lowest BCUT2D eigenvalue weighted by molar-refractivity contribution is -0.132. The van der Waals surface area contributed by atoms with Crippen molar-refractivity contribution < 1.29 is 4.79 Å². The van der Waals surface area contributed by atoms with E-state index in [0.717, 1.165) is 31.7 Å².